The van der Waals surface area contributed by atoms with Crippen molar-refractivity contribution in [2.75, 3.05) is 11.1 Å². The maximum absolute atomic E-state index is 11.2. The van der Waals surface area contributed by atoms with Gasteiger partial charge in [-0.2, -0.15) is 0 Å². The number of nitrogens with one attached hydrogen (secondary N) is 2. The molecule has 1 amide bonds. The lowest BCUT2D eigenvalue weighted by Gasteiger charge is -2.03. The third kappa shape index (κ3) is 5.98. The highest BCUT2D eigenvalue weighted by molar-refractivity contribution is 8.14. The average molecular weight is 246 g/mol. The zero-order valence-corrected chi connectivity index (χ0v) is 9.53. The highest BCUT2D eigenvalue weighted by Crippen LogP contribution is 2.06. The maximum Gasteiger partial charge on any atom is 0.234 e. The third-order valence-corrected chi connectivity index (χ3v) is 2.13. The first-order valence-corrected chi connectivity index (χ1v) is 4.99. The first-order valence-electron chi connectivity index (χ1n) is 4.00. The largest absolute Gasteiger partial charge is 0.379 e. The van der Waals surface area contributed by atoms with Gasteiger partial charge in [0.25, 0.3) is 0 Å². The van der Waals surface area contributed by atoms with Gasteiger partial charge in [0, 0.05) is 5.69 Å². The number of amidine groups is 1. The van der Waals surface area contributed by atoms with Crippen LogP contribution in [0.15, 0.2) is 30.3 Å². The van der Waals surface area contributed by atoms with Crippen molar-refractivity contribution in [3.05, 3.63) is 30.3 Å². The van der Waals surface area contributed by atoms with Crippen LogP contribution in [-0.2, 0) is 4.79 Å². The molecule has 0 bridgehead atoms. The number of benzene rings is 1. The molecule has 0 aromatic heterocycles. The molecule has 15 heavy (non-hydrogen) atoms. The number of halogens is 1. The number of thioether (sulfide) groups is 1. The van der Waals surface area contributed by atoms with E-state index >= 15 is 0 Å². The molecule has 4 nitrogen and oxygen atoms in total. The van der Waals surface area contributed by atoms with Crippen LogP contribution in [0.3, 0.4) is 0 Å². The molecule has 0 unspecified atom stereocenters. The van der Waals surface area contributed by atoms with Crippen molar-refractivity contribution in [3.8, 4) is 0 Å². The monoisotopic (exact) mass is 245 g/mol. The van der Waals surface area contributed by atoms with E-state index in [1.54, 1.807) is 12.1 Å². The topological polar surface area (TPSA) is 79.0 Å². The van der Waals surface area contributed by atoms with Crippen LogP contribution < -0.4 is 11.1 Å². The Kier molecular flexibility index (Phi) is 6.57. The van der Waals surface area contributed by atoms with Crippen molar-refractivity contribution in [2.45, 2.75) is 0 Å². The Morgan fingerprint density at radius 1 is 1.40 bits per heavy atom. The van der Waals surface area contributed by atoms with Crippen LogP contribution in [0.25, 0.3) is 0 Å². The highest BCUT2D eigenvalue weighted by atomic mass is 35.5. The van der Waals surface area contributed by atoms with E-state index in [2.05, 4.69) is 5.32 Å². The fraction of sp³-hybridized carbons (Fsp3) is 0.111. The Balaban J connectivity index is 0.00000196. The first-order chi connectivity index (χ1) is 6.68. The summed E-state index contributed by atoms with van der Waals surface area (Å²) >= 11 is 1.01. The molecule has 0 saturated carbocycles. The number of amides is 1. The molecule has 0 spiro atoms. The second-order valence-corrected chi connectivity index (χ2v) is 3.58. The van der Waals surface area contributed by atoms with Crippen molar-refractivity contribution < 1.29 is 4.79 Å². The zero-order chi connectivity index (χ0) is 10.4. The normalized spacial score (nSPS) is 8.80. The minimum Gasteiger partial charge on any atom is -0.379 e. The summed E-state index contributed by atoms with van der Waals surface area (Å²) in [6.07, 6.45) is 0. The van der Waals surface area contributed by atoms with Gasteiger partial charge in [0.2, 0.25) is 5.91 Å². The minimum atomic E-state index is -0.156. The van der Waals surface area contributed by atoms with E-state index in [1.165, 1.54) is 0 Å². The van der Waals surface area contributed by atoms with Crippen LogP contribution in [0.2, 0.25) is 0 Å². The number of rotatable bonds is 3. The summed E-state index contributed by atoms with van der Waals surface area (Å²) < 4.78 is 0. The third-order valence-electron chi connectivity index (χ3n) is 1.42. The predicted molar refractivity (Wildman–Crippen MR) is 66.7 cm³/mol. The number of carbonyl (C=O) groups is 1. The summed E-state index contributed by atoms with van der Waals surface area (Å²) in [6.45, 7) is 0. The summed E-state index contributed by atoms with van der Waals surface area (Å²) in [5, 5.41) is 9.57. The predicted octanol–water partition coefficient (Wildman–Crippen LogP) is 1.67. The number of para-hydroxylation sites is 1. The SMILES string of the molecule is Cl.N=C(N)SCC(=O)Nc1ccccc1. The quantitative estimate of drug-likeness (QED) is 0.560. The van der Waals surface area contributed by atoms with Crippen LogP contribution in [0.4, 0.5) is 5.69 Å². The van der Waals surface area contributed by atoms with Gasteiger partial charge in [0.15, 0.2) is 5.17 Å². The lowest BCUT2D eigenvalue weighted by molar-refractivity contribution is -0.113. The number of carbonyl (C=O) groups excluding carboxylic acids is 1. The Labute approximate surface area is 98.5 Å². The molecule has 4 N–H and O–H groups in total. The molecule has 0 aliphatic rings. The van der Waals surface area contributed by atoms with Crippen LogP contribution in [-0.4, -0.2) is 16.8 Å². The molecule has 0 aliphatic heterocycles. The zero-order valence-electron chi connectivity index (χ0n) is 7.90. The van der Waals surface area contributed by atoms with E-state index in [0.29, 0.717) is 0 Å². The number of nitrogens with two attached hydrogens (primary N) is 1. The molecule has 0 atom stereocenters. The van der Waals surface area contributed by atoms with Gasteiger partial charge in [-0.25, -0.2) is 0 Å². The standard InChI is InChI=1S/C9H11N3OS.ClH/c10-9(11)14-6-8(13)12-7-4-2-1-3-5-7;/h1-5H,6H2,(H3,10,11)(H,12,13);1H. The van der Waals surface area contributed by atoms with E-state index in [1.807, 2.05) is 18.2 Å². The van der Waals surface area contributed by atoms with Gasteiger partial charge in [-0.15, -0.1) is 12.4 Å². The van der Waals surface area contributed by atoms with E-state index in [-0.39, 0.29) is 29.2 Å². The van der Waals surface area contributed by atoms with E-state index in [4.69, 9.17) is 11.1 Å². The molecule has 0 fully saturated rings. The Hall–Kier alpha value is -1.20. The molecular formula is C9H12ClN3OS. The second-order valence-electron chi connectivity index (χ2n) is 2.57. The van der Waals surface area contributed by atoms with Crippen LogP contribution in [0.5, 0.6) is 0 Å². The molecule has 1 aromatic rings. The van der Waals surface area contributed by atoms with Gasteiger partial charge >= 0.3 is 0 Å². The number of hydrogen-bond donors (Lipinski definition) is 3. The second kappa shape index (κ2) is 7.14. The van der Waals surface area contributed by atoms with Gasteiger partial charge < -0.3 is 11.1 Å². The van der Waals surface area contributed by atoms with Crippen LogP contribution in [0, 0.1) is 5.41 Å². The summed E-state index contributed by atoms with van der Waals surface area (Å²) in [5.74, 6) is 0.0147. The molecular weight excluding hydrogens is 234 g/mol. The van der Waals surface area contributed by atoms with Crippen LogP contribution >= 0.6 is 24.2 Å². The summed E-state index contributed by atoms with van der Waals surface area (Å²) in [7, 11) is 0. The van der Waals surface area contributed by atoms with E-state index in [0.717, 1.165) is 17.4 Å². The van der Waals surface area contributed by atoms with Crippen molar-refractivity contribution in [3.63, 3.8) is 0 Å². The minimum absolute atomic E-state index is 0. The lowest BCUT2D eigenvalue weighted by atomic mass is 10.3. The lowest BCUT2D eigenvalue weighted by Crippen LogP contribution is -2.17. The molecule has 6 heteroatoms. The van der Waals surface area contributed by atoms with Crippen molar-refractivity contribution in [1.82, 2.24) is 0 Å². The van der Waals surface area contributed by atoms with E-state index in [9.17, 15) is 4.79 Å². The summed E-state index contributed by atoms with van der Waals surface area (Å²) in [6, 6.07) is 9.16. The molecule has 1 rings (SSSR count). The molecule has 0 aliphatic carbocycles. The fourth-order valence-corrected chi connectivity index (χ4v) is 1.22. The Morgan fingerprint density at radius 2 is 2.00 bits per heavy atom. The van der Waals surface area contributed by atoms with Gasteiger partial charge in [-0.05, 0) is 12.1 Å². The maximum atomic E-state index is 11.2. The molecule has 82 valence electrons. The van der Waals surface area contributed by atoms with Crippen molar-refractivity contribution in [1.29, 1.82) is 5.41 Å². The Morgan fingerprint density at radius 3 is 2.53 bits per heavy atom. The molecule has 1 aromatic carbocycles. The van der Waals surface area contributed by atoms with Crippen LogP contribution in [0.1, 0.15) is 0 Å². The van der Waals surface area contributed by atoms with Crippen molar-refractivity contribution in [2.24, 2.45) is 5.73 Å². The molecule has 0 saturated heterocycles. The number of hydrogen-bond acceptors (Lipinski definition) is 3. The van der Waals surface area contributed by atoms with Crippen molar-refractivity contribution >= 4 is 40.9 Å². The summed E-state index contributed by atoms with van der Waals surface area (Å²) in [5.41, 5.74) is 5.85. The van der Waals surface area contributed by atoms with Gasteiger partial charge in [0.05, 0.1) is 5.75 Å². The number of anilines is 1. The van der Waals surface area contributed by atoms with Gasteiger partial charge in [-0.3, -0.25) is 10.2 Å². The molecule has 0 radical (unpaired) electrons. The fourth-order valence-electron chi connectivity index (χ4n) is 0.862. The average Bonchev–Trinajstić information content (AvgIpc) is 2.16. The first kappa shape index (κ1) is 13.8. The van der Waals surface area contributed by atoms with Gasteiger partial charge in [0.1, 0.15) is 0 Å². The highest BCUT2D eigenvalue weighted by Gasteiger charge is 2.02. The smallest absolute Gasteiger partial charge is 0.234 e. The molecule has 0 heterocycles. The Bertz CT molecular complexity index is 331. The summed E-state index contributed by atoms with van der Waals surface area (Å²) in [4.78, 5) is 11.2. The van der Waals surface area contributed by atoms with E-state index < -0.39 is 0 Å². The van der Waals surface area contributed by atoms with Gasteiger partial charge in [-0.1, -0.05) is 30.0 Å².